The molecule has 1 N–H and O–H groups in total. The first kappa shape index (κ1) is 15.1. The molecule has 17 heavy (non-hydrogen) atoms. The number of hydrogen-bond acceptors (Lipinski definition) is 4. The molecule has 0 atom stereocenters. The zero-order valence-corrected chi connectivity index (χ0v) is 10.6. The lowest BCUT2D eigenvalue weighted by atomic mass is 10.3. The van der Waals surface area contributed by atoms with E-state index in [0.29, 0.717) is 6.54 Å². The van der Waals surface area contributed by atoms with Gasteiger partial charge in [-0.1, -0.05) is 0 Å². The van der Waals surface area contributed by atoms with Crippen LogP contribution < -0.4 is 5.32 Å². The second kappa shape index (κ2) is 8.18. The molecule has 7 heteroatoms. The largest absolute Gasteiger partial charge is 0.441 e. The average molecular weight is 272 g/mol. The van der Waals surface area contributed by atoms with E-state index in [4.69, 9.17) is 4.74 Å². The molecule has 1 fully saturated rings. The highest BCUT2D eigenvalue weighted by Crippen LogP contribution is 2.29. The summed E-state index contributed by atoms with van der Waals surface area (Å²) in [4.78, 5) is 2.32. The first-order valence-corrected chi connectivity index (χ1v) is 6.78. The van der Waals surface area contributed by atoms with Crippen molar-refractivity contribution in [3.05, 3.63) is 0 Å². The number of ether oxygens (including phenoxy) is 1. The highest BCUT2D eigenvalue weighted by molar-refractivity contribution is 8.00. The number of nitrogens with one attached hydrogen (secondary N) is 1. The normalized spacial score (nSPS) is 18.5. The fraction of sp³-hybridized carbons (Fsp3) is 1.00. The second-order valence-electron chi connectivity index (χ2n) is 3.85. The molecule has 0 radical (unpaired) electrons. The summed E-state index contributed by atoms with van der Waals surface area (Å²) >= 11 is 0.0302. The van der Waals surface area contributed by atoms with Gasteiger partial charge >= 0.3 is 5.51 Å². The van der Waals surface area contributed by atoms with Gasteiger partial charge in [0.1, 0.15) is 0 Å². The quantitative estimate of drug-likeness (QED) is 0.711. The van der Waals surface area contributed by atoms with Crippen molar-refractivity contribution in [2.75, 3.05) is 51.7 Å². The first-order valence-electron chi connectivity index (χ1n) is 5.79. The highest BCUT2D eigenvalue weighted by Gasteiger charge is 2.27. The molecule has 0 aromatic rings. The lowest BCUT2D eigenvalue weighted by Crippen LogP contribution is -2.37. The van der Waals surface area contributed by atoms with Gasteiger partial charge in [-0.05, 0) is 31.3 Å². The van der Waals surface area contributed by atoms with Gasteiger partial charge in [-0.3, -0.25) is 4.90 Å². The molecule has 0 amide bonds. The molecule has 0 aromatic carbocycles. The molecule has 0 saturated carbocycles. The molecule has 0 aromatic heterocycles. The summed E-state index contributed by atoms with van der Waals surface area (Å²) in [6.07, 6.45) is 0.969. The van der Waals surface area contributed by atoms with E-state index < -0.39 is 5.51 Å². The van der Waals surface area contributed by atoms with E-state index in [1.54, 1.807) is 0 Å². The van der Waals surface area contributed by atoms with E-state index in [-0.39, 0.29) is 17.5 Å². The van der Waals surface area contributed by atoms with Crippen LogP contribution in [-0.2, 0) is 4.74 Å². The van der Waals surface area contributed by atoms with E-state index in [2.05, 4.69) is 10.2 Å². The van der Waals surface area contributed by atoms with Gasteiger partial charge in [0.05, 0.1) is 13.2 Å². The van der Waals surface area contributed by atoms with Crippen LogP contribution in [-0.4, -0.2) is 62.1 Å². The third-order valence-corrected chi connectivity index (χ3v) is 3.21. The lowest BCUT2D eigenvalue weighted by Gasteiger charge is -2.26. The summed E-state index contributed by atoms with van der Waals surface area (Å²) in [5.41, 5.74) is -4.10. The number of halogens is 3. The maximum absolute atomic E-state index is 11.8. The van der Waals surface area contributed by atoms with Crippen LogP contribution >= 0.6 is 11.8 Å². The Hall–Kier alpha value is 0.0200. The SMILES string of the molecule is FC(F)(F)SCCNCCCN1CCOCC1. The molecule has 1 saturated heterocycles. The monoisotopic (exact) mass is 272 g/mol. The van der Waals surface area contributed by atoms with Gasteiger partial charge in [0, 0.05) is 25.4 Å². The van der Waals surface area contributed by atoms with Crippen molar-refractivity contribution in [1.82, 2.24) is 10.2 Å². The second-order valence-corrected chi connectivity index (χ2v) is 5.01. The van der Waals surface area contributed by atoms with Crippen molar-refractivity contribution >= 4 is 11.8 Å². The predicted octanol–water partition coefficient (Wildman–Crippen LogP) is 1.55. The molecule has 1 rings (SSSR count). The van der Waals surface area contributed by atoms with Crippen LogP contribution in [0.4, 0.5) is 13.2 Å². The molecule has 1 aliphatic heterocycles. The van der Waals surface area contributed by atoms with Crippen LogP contribution in [0.25, 0.3) is 0 Å². The Morgan fingerprint density at radius 2 is 1.88 bits per heavy atom. The van der Waals surface area contributed by atoms with Gasteiger partial charge in [0.2, 0.25) is 0 Å². The minimum atomic E-state index is -4.10. The number of nitrogens with zero attached hydrogens (tertiary/aromatic N) is 1. The Morgan fingerprint density at radius 3 is 2.53 bits per heavy atom. The zero-order chi connectivity index (χ0) is 12.6. The Bertz CT molecular complexity index is 198. The fourth-order valence-electron chi connectivity index (χ4n) is 1.62. The van der Waals surface area contributed by atoms with Crippen molar-refractivity contribution in [3.63, 3.8) is 0 Å². The number of thioether (sulfide) groups is 1. The van der Waals surface area contributed by atoms with Crippen molar-refractivity contribution in [2.24, 2.45) is 0 Å². The summed E-state index contributed by atoms with van der Waals surface area (Å²) < 4.78 is 40.6. The van der Waals surface area contributed by atoms with Gasteiger partial charge in [-0.2, -0.15) is 13.2 Å². The van der Waals surface area contributed by atoms with Gasteiger partial charge in [0.25, 0.3) is 0 Å². The summed E-state index contributed by atoms with van der Waals surface area (Å²) in [5, 5.41) is 3.02. The molecule has 0 spiro atoms. The average Bonchev–Trinajstić information content (AvgIpc) is 2.28. The third kappa shape index (κ3) is 8.70. The molecular formula is C10H19F3N2OS. The fourth-order valence-corrected chi connectivity index (χ4v) is 2.09. The molecule has 102 valence electrons. The third-order valence-electron chi connectivity index (χ3n) is 2.48. The standard InChI is InChI=1S/C10H19F3N2OS/c11-10(12,13)17-9-3-14-2-1-4-15-5-7-16-8-6-15/h14H,1-9H2. The van der Waals surface area contributed by atoms with E-state index >= 15 is 0 Å². The molecule has 0 aliphatic carbocycles. The van der Waals surface area contributed by atoms with Gasteiger partial charge in [-0.25, -0.2) is 0 Å². The zero-order valence-electron chi connectivity index (χ0n) is 9.76. The number of alkyl halides is 3. The Kier molecular flexibility index (Phi) is 7.26. The van der Waals surface area contributed by atoms with Gasteiger partial charge in [0.15, 0.2) is 0 Å². The first-order chi connectivity index (χ1) is 8.08. The molecule has 1 aliphatic rings. The number of hydrogen-bond donors (Lipinski definition) is 1. The molecule has 0 unspecified atom stereocenters. The van der Waals surface area contributed by atoms with Crippen molar-refractivity contribution in [2.45, 2.75) is 11.9 Å². The Morgan fingerprint density at radius 1 is 1.18 bits per heavy atom. The Balaban J connectivity index is 1.84. The Labute approximate surface area is 104 Å². The predicted molar refractivity (Wildman–Crippen MR) is 63.3 cm³/mol. The van der Waals surface area contributed by atoms with E-state index in [1.165, 1.54) is 0 Å². The van der Waals surface area contributed by atoms with Crippen molar-refractivity contribution in [3.8, 4) is 0 Å². The van der Waals surface area contributed by atoms with Crippen LogP contribution in [0.15, 0.2) is 0 Å². The van der Waals surface area contributed by atoms with Gasteiger partial charge < -0.3 is 10.1 Å². The van der Waals surface area contributed by atoms with E-state index in [0.717, 1.165) is 45.8 Å². The summed E-state index contributed by atoms with van der Waals surface area (Å²) in [5.74, 6) is 0.0844. The molecule has 3 nitrogen and oxygen atoms in total. The number of rotatable bonds is 7. The van der Waals surface area contributed by atoms with E-state index in [9.17, 15) is 13.2 Å². The maximum Gasteiger partial charge on any atom is 0.441 e. The summed E-state index contributed by atoms with van der Waals surface area (Å²) in [6.45, 7) is 5.67. The van der Waals surface area contributed by atoms with Crippen molar-refractivity contribution < 1.29 is 17.9 Å². The van der Waals surface area contributed by atoms with Crippen LogP contribution in [0, 0.1) is 0 Å². The lowest BCUT2D eigenvalue weighted by molar-refractivity contribution is -0.0327. The maximum atomic E-state index is 11.8. The van der Waals surface area contributed by atoms with E-state index in [1.807, 2.05) is 0 Å². The molecular weight excluding hydrogens is 253 g/mol. The van der Waals surface area contributed by atoms with Crippen LogP contribution in [0.5, 0.6) is 0 Å². The number of morpholine rings is 1. The van der Waals surface area contributed by atoms with Crippen LogP contribution in [0.3, 0.4) is 0 Å². The topological polar surface area (TPSA) is 24.5 Å². The van der Waals surface area contributed by atoms with Crippen molar-refractivity contribution in [1.29, 1.82) is 0 Å². The minimum absolute atomic E-state index is 0.0302. The summed E-state index contributed by atoms with van der Waals surface area (Å²) in [7, 11) is 0. The van der Waals surface area contributed by atoms with Crippen LogP contribution in [0.2, 0.25) is 0 Å². The minimum Gasteiger partial charge on any atom is -0.379 e. The summed E-state index contributed by atoms with van der Waals surface area (Å²) in [6, 6.07) is 0. The molecule has 1 heterocycles. The molecule has 0 bridgehead atoms. The van der Waals surface area contributed by atoms with Crippen LogP contribution in [0.1, 0.15) is 6.42 Å². The van der Waals surface area contributed by atoms with Gasteiger partial charge in [-0.15, -0.1) is 0 Å². The smallest absolute Gasteiger partial charge is 0.379 e. The highest BCUT2D eigenvalue weighted by atomic mass is 32.2.